The number of hydrogen-bond acceptors (Lipinski definition) is 3. The van der Waals surface area contributed by atoms with Crippen molar-refractivity contribution in [3.8, 4) is 0 Å². The second kappa shape index (κ2) is 6.10. The van der Waals surface area contributed by atoms with Gasteiger partial charge in [0.2, 0.25) is 5.91 Å². The normalized spacial score (nSPS) is 12.5. The highest BCUT2D eigenvalue weighted by Gasteiger charge is 2.07. The standard InChI is InChI=1S/C10H15ClN2OS/c1-7(5-12)4-10(14)13-6-8-2-3-9(11)15-8/h2-3,7H,4-6,12H2,1H3,(H,13,14). The van der Waals surface area contributed by atoms with E-state index < -0.39 is 0 Å². The van der Waals surface area contributed by atoms with Gasteiger partial charge in [-0.05, 0) is 24.6 Å². The summed E-state index contributed by atoms with van der Waals surface area (Å²) in [4.78, 5) is 12.5. The number of hydrogen-bond donors (Lipinski definition) is 2. The summed E-state index contributed by atoms with van der Waals surface area (Å²) >= 11 is 7.25. The molecule has 1 unspecified atom stereocenters. The van der Waals surface area contributed by atoms with E-state index in [9.17, 15) is 4.79 Å². The van der Waals surface area contributed by atoms with Crippen LogP contribution in [0.15, 0.2) is 12.1 Å². The van der Waals surface area contributed by atoms with Crippen LogP contribution in [0, 0.1) is 5.92 Å². The maximum absolute atomic E-state index is 11.4. The van der Waals surface area contributed by atoms with Crippen molar-refractivity contribution in [3.63, 3.8) is 0 Å². The van der Waals surface area contributed by atoms with Crippen molar-refractivity contribution >= 4 is 28.8 Å². The third kappa shape index (κ3) is 4.64. The summed E-state index contributed by atoms with van der Waals surface area (Å²) in [7, 11) is 0. The van der Waals surface area contributed by atoms with E-state index in [1.165, 1.54) is 11.3 Å². The molecule has 0 saturated heterocycles. The zero-order valence-electron chi connectivity index (χ0n) is 8.63. The molecule has 5 heteroatoms. The lowest BCUT2D eigenvalue weighted by molar-refractivity contribution is -0.122. The third-order valence-electron chi connectivity index (χ3n) is 2.02. The molecule has 1 aromatic heterocycles. The minimum Gasteiger partial charge on any atom is -0.351 e. The summed E-state index contributed by atoms with van der Waals surface area (Å²) in [5.41, 5.74) is 5.44. The van der Waals surface area contributed by atoms with Gasteiger partial charge in [-0.1, -0.05) is 18.5 Å². The molecule has 3 N–H and O–H groups in total. The Hall–Kier alpha value is -0.580. The second-order valence-electron chi connectivity index (χ2n) is 3.53. The molecule has 1 heterocycles. The Labute approximate surface area is 98.6 Å². The molecule has 0 spiro atoms. The molecule has 15 heavy (non-hydrogen) atoms. The predicted molar refractivity (Wildman–Crippen MR) is 64.0 cm³/mol. The van der Waals surface area contributed by atoms with Crippen LogP contribution in [-0.4, -0.2) is 12.5 Å². The van der Waals surface area contributed by atoms with E-state index in [-0.39, 0.29) is 11.8 Å². The fraction of sp³-hybridized carbons (Fsp3) is 0.500. The number of carbonyl (C=O) groups is 1. The summed E-state index contributed by atoms with van der Waals surface area (Å²) in [6.07, 6.45) is 0.482. The number of thiophene rings is 1. The molecule has 84 valence electrons. The van der Waals surface area contributed by atoms with E-state index in [2.05, 4.69) is 5.32 Å². The first kappa shape index (κ1) is 12.5. The van der Waals surface area contributed by atoms with Crippen molar-refractivity contribution in [3.05, 3.63) is 21.3 Å². The van der Waals surface area contributed by atoms with E-state index in [1.807, 2.05) is 19.1 Å². The van der Waals surface area contributed by atoms with E-state index in [0.29, 0.717) is 19.5 Å². The summed E-state index contributed by atoms with van der Waals surface area (Å²) in [5.74, 6) is 0.273. The number of amides is 1. The fourth-order valence-electron chi connectivity index (χ4n) is 1.10. The van der Waals surface area contributed by atoms with E-state index in [1.54, 1.807) is 0 Å². The smallest absolute Gasteiger partial charge is 0.220 e. The molecule has 1 atom stereocenters. The first-order valence-electron chi connectivity index (χ1n) is 4.82. The molecule has 1 rings (SSSR count). The van der Waals surface area contributed by atoms with Gasteiger partial charge in [-0.25, -0.2) is 0 Å². The first-order chi connectivity index (χ1) is 7.11. The summed E-state index contributed by atoms with van der Waals surface area (Å²) in [6, 6.07) is 3.75. The minimum absolute atomic E-state index is 0.0393. The number of halogens is 1. The number of carbonyl (C=O) groups excluding carboxylic acids is 1. The Morgan fingerprint density at radius 1 is 1.67 bits per heavy atom. The van der Waals surface area contributed by atoms with Gasteiger partial charge >= 0.3 is 0 Å². The molecule has 0 aliphatic heterocycles. The maximum atomic E-state index is 11.4. The number of nitrogens with two attached hydrogens (primary N) is 1. The minimum atomic E-state index is 0.0393. The Morgan fingerprint density at radius 3 is 2.93 bits per heavy atom. The molecule has 0 aliphatic rings. The van der Waals surface area contributed by atoms with Crippen molar-refractivity contribution in [2.24, 2.45) is 11.7 Å². The molecule has 0 bridgehead atoms. The highest BCUT2D eigenvalue weighted by molar-refractivity contribution is 7.16. The van der Waals surface area contributed by atoms with Gasteiger partial charge in [0.1, 0.15) is 0 Å². The Morgan fingerprint density at radius 2 is 2.40 bits per heavy atom. The molecule has 3 nitrogen and oxygen atoms in total. The van der Waals surface area contributed by atoms with Gasteiger partial charge in [-0.15, -0.1) is 11.3 Å². The quantitative estimate of drug-likeness (QED) is 0.835. The van der Waals surface area contributed by atoms with Crippen LogP contribution in [0.25, 0.3) is 0 Å². The van der Waals surface area contributed by atoms with Gasteiger partial charge in [-0.2, -0.15) is 0 Å². The van der Waals surface area contributed by atoms with Crippen molar-refractivity contribution in [1.82, 2.24) is 5.32 Å². The predicted octanol–water partition coefficient (Wildman–Crippen LogP) is 2.00. The average Bonchev–Trinajstić information content (AvgIpc) is 2.61. The Bertz CT molecular complexity index is 327. The lowest BCUT2D eigenvalue weighted by Gasteiger charge is -2.08. The maximum Gasteiger partial charge on any atom is 0.220 e. The van der Waals surface area contributed by atoms with Crippen LogP contribution in [-0.2, 0) is 11.3 Å². The van der Waals surface area contributed by atoms with Crippen molar-refractivity contribution < 1.29 is 4.79 Å². The highest BCUT2D eigenvalue weighted by Crippen LogP contribution is 2.20. The number of rotatable bonds is 5. The second-order valence-corrected chi connectivity index (χ2v) is 5.33. The molecule has 0 aliphatic carbocycles. The zero-order chi connectivity index (χ0) is 11.3. The van der Waals surface area contributed by atoms with Crippen LogP contribution in [0.4, 0.5) is 0 Å². The van der Waals surface area contributed by atoms with Gasteiger partial charge < -0.3 is 11.1 Å². The van der Waals surface area contributed by atoms with Crippen molar-refractivity contribution in [2.75, 3.05) is 6.54 Å². The zero-order valence-corrected chi connectivity index (χ0v) is 10.2. The molecule has 0 aromatic carbocycles. The van der Waals surface area contributed by atoms with Gasteiger partial charge in [0.25, 0.3) is 0 Å². The molecule has 1 aromatic rings. The van der Waals surface area contributed by atoms with Crippen LogP contribution < -0.4 is 11.1 Å². The first-order valence-corrected chi connectivity index (χ1v) is 6.02. The van der Waals surface area contributed by atoms with Gasteiger partial charge in [0.15, 0.2) is 0 Å². The van der Waals surface area contributed by atoms with Gasteiger partial charge in [0, 0.05) is 11.3 Å². The summed E-state index contributed by atoms with van der Waals surface area (Å²) in [5, 5.41) is 2.83. The third-order valence-corrected chi connectivity index (χ3v) is 3.26. The lowest BCUT2D eigenvalue weighted by Crippen LogP contribution is -2.26. The molecular weight excluding hydrogens is 232 g/mol. The molecule has 0 radical (unpaired) electrons. The van der Waals surface area contributed by atoms with Crippen molar-refractivity contribution in [1.29, 1.82) is 0 Å². The van der Waals surface area contributed by atoms with Crippen LogP contribution in [0.5, 0.6) is 0 Å². The lowest BCUT2D eigenvalue weighted by atomic mass is 10.1. The Balaban J connectivity index is 2.28. The number of nitrogens with one attached hydrogen (secondary N) is 1. The molecular formula is C10H15ClN2OS. The van der Waals surface area contributed by atoms with Gasteiger partial charge in [0.05, 0.1) is 10.9 Å². The molecule has 0 saturated carbocycles. The van der Waals surface area contributed by atoms with Crippen LogP contribution in [0.2, 0.25) is 4.34 Å². The van der Waals surface area contributed by atoms with E-state index >= 15 is 0 Å². The largest absolute Gasteiger partial charge is 0.351 e. The average molecular weight is 247 g/mol. The van der Waals surface area contributed by atoms with Crippen LogP contribution in [0.3, 0.4) is 0 Å². The van der Waals surface area contributed by atoms with Crippen LogP contribution in [0.1, 0.15) is 18.2 Å². The summed E-state index contributed by atoms with van der Waals surface area (Å²) in [6.45, 7) is 3.05. The topological polar surface area (TPSA) is 55.1 Å². The van der Waals surface area contributed by atoms with Gasteiger partial charge in [-0.3, -0.25) is 4.79 Å². The van der Waals surface area contributed by atoms with E-state index in [4.69, 9.17) is 17.3 Å². The monoisotopic (exact) mass is 246 g/mol. The van der Waals surface area contributed by atoms with Crippen LogP contribution >= 0.6 is 22.9 Å². The summed E-state index contributed by atoms with van der Waals surface area (Å²) < 4.78 is 0.745. The molecule has 1 amide bonds. The van der Waals surface area contributed by atoms with Crippen molar-refractivity contribution in [2.45, 2.75) is 19.9 Å². The highest BCUT2D eigenvalue weighted by atomic mass is 35.5. The fourth-order valence-corrected chi connectivity index (χ4v) is 2.13. The molecule has 0 fully saturated rings. The SMILES string of the molecule is CC(CN)CC(=O)NCc1ccc(Cl)s1. The van der Waals surface area contributed by atoms with E-state index in [0.717, 1.165) is 9.21 Å². The Kier molecular flexibility index (Phi) is 5.08.